The molecule has 1 nitrogen and oxygen atoms in total. The standard InChI is InChI=1S/C7H11NS3/c1-3-10-11-4-7-6(2)8-5-9-7/h5H,3-4H2,1-2H3. The molecule has 0 N–H and O–H groups in total. The van der Waals surface area contributed by atoms with E-state index in [0.29, 0.717) is 0 Å². The summed E-state index contributed by atoms with van der Waals surface area (Å²) < 4.78 is 0. The largest absolute Gasteiger partial charge is 0.250 e. The van der Waals surface area contributed by atoms with Gasteiger partial charge >= 0.3 is 0 Å². The second kappa shape index (κ2) is 5.06. The van der Waals surface area contributed by atoms with E-state index in [2.05, 4.69) is 18.8 Å². The molecular weight excluding hydrogens is 194 g/mol. The molecule has 0 atom stereocenters. The van der Waals surface area contributed by atoms with Gasteiger partial charge in [0, 0.05) is 16.4 Å². The van der Waals surface area contributed by atoms with Crippen molar-refractivity contribution in [1.29, 1.82) is 0 Å². The van der Waals surface area contributed by atoms with Crippen molar-refractivity contribution in [2.75, 3.05) is 5.75 Å². The van der Waals surface area contributed by atoms with Gasteiger partial charge in [0.1, 0.15) is 0 Å². The maximum atomic E-state index is 4.19. The van der Waals surface area contributed by atoms with E-state index >= 15 is 0 Å². The molecule has 0 spiro atoms. The first-order valence-corrected chi connectivity index (χ1v) is 6.84. The molecule has 0 aliphatic heterocycles. The van der Waals surface area contributed by atoms with Crippen LogP contribution in [0.4, 0.5) is 0 Å². The zero-order valence-corrected chi connectivity index (χ0v) is 9.11. The third-order valence-electron chi connectivity index (χ3n) is 1.24. The third kappa shape index (κ3) is 3.05. The molecule has 0 unspecified atom stereocenters. The lowest BCUT2D eigenvalue weighted by Crippen LogP contribution is -1.77. The van der Waals surface area contributed by atoms with Crippen LogP contribution in [0.2, 0.25) is 0 Å². The highest BCUT2D eigenvalue weighted by Crippen LogP contribution is 2.28. The van der Waals surface area contributed by atoms with Crippen molar-refractivity contribution in [3.63, 3.8) is 0 Å². The summed E-state index contributed by atoms with van der Waals surface area (Å²) in [5.41, 5.74) is 3.11. The lowest BCUT2D eigenvalue weighted by molar-refractivity contribution is 1.22. The van der Waals surface area contributed by atoms with Crippen LogP contribution in [-0.4, -0.2) is 10.7 Å². The molecule has 0 saturated heterocycles. The number of aryl methyl sites for hydroxylation is 1. The Kier molecular flexibility index (Phi) is 4.33. The molecule has 0 saturated carbocycles. The minimum Gasteiger partial charge on any atom is -0.250 e. The highest BCUT2D eigenvalue weighted by atomic mass is 33.1. The van der Waals surface area contributed by atoms with Gasteiger partial charge in [-0.2, -0.15) is 0 Å². The number of nitrogens with zero attached hydrogens (tertiary/aromatic N) is 1. The average Bonchev–Trinajstić information content (AvgIpc) is 2.37. The van der Waals surface area contributed by atoms with Crippen LogP contribution in [0, 0.1) is 6.92 Å². The van der Waals surface area contributed by atoms with Crippen LogP contribution in [0.15, 0.2) is 5.51 Å². The molecule has 1 heterocycles. The summed E-state index contributed by atoms with van der Waals surface area (Å²) in [4.78, 5) is 5.60. The summed E-state index contributed by atoms with van der Waals surface area (Å²) in [5, 5.41) is 0. The van der Waals surface area contributed by atoms with E-state index in [4.69, 9.17) is 0 Å². The van der Waals surface area contributed by atoms with Crippen LogP contribution in [0.3, 0.4) is 0 Å². The smallest absolute Gasteiger partial charge is 0.0797 e. The minimum atomic E-state index is 1.11. The Morgan fingerprint density at radius 3 is 2.91 bits per heavy atom. The van der Waals surface area contributed by atoms with Crippen LogP contribution in [-0.2, 0) is 5.75 Å². The van der Waals surface area contributed by atoms with Gasteiger partial charge in [0.25, 0.3) is 0 Å². The molecule has 0 fully saturated rings. The molecule has 0 aliphatic rings. The Balaban J connectivity index is 2.32. The van der Waals surface area contributed by atoms with Crippen LogP contribution in [0.25, 0.3) is 0 Å². The van der Waals surface area contributed by atoms with E-state index in [0.717, 1.165) is 5.75 Å². The lowest BCUT2D eigenvalue weighted by atomic mass is 10.4. The van der Waals surface area contributed by atoms with Gasteiger partial charge in [0.2, 0.25) is 0 Å². The summed E-state index contributed by atoms with van der Waals surface area (Å²) in [5.74, 6) is 2.29. The summed E-state index contributed by atoms with van der Waals surface area (Å²) in [6.07, 6.45) is 0. The Morgan fingerprint density at radius 2 is 2.36 bits per heavy atom. The topological polar surface area (TPSA) is 12.9 Å². The Hall–Kier alpha value is 0.330. The molecule has 11 heavy (non-hydrogen) atoms. The summed E-state index contributed by atoms with van der Waals surface area (Å²) >= 11 is 1.75. The number of hydrogen-bond donors (Lipinski definition) is 0. The van der Waals surface area contributed by atoms with Crippen molar-refractivity contribution >= 4 is 32.9 Å². The molecular formula is C7H11NS3. The summed E-state index contributed by atoms with van der Waals surface area (Å²) in [6.45, 7) is 4.25. The second-order valence-corrected chi connectivity index (χ2v) is 5.72. The van der Waals surface area contributed by atoms with E-state index < -0.39 is 0 Å². The van der Waals surface area contributed by atoms with Gasteiger partial charge in [-0.15, -0.1) is 11.3 Å². The van der Waals surface area contributed by atoms with Crippen molar-refractivity contribution in [3.05, 3.63) is 16.1 Å². The zero-order chi connectivity index (χ0) is 8.10. The van der Waals surface area contributed by atoms with Gasteiger partial charge in [-0.25, -0.2) is 4.98 Å². The Bertz CT molecular complexity index is 209. The summed E-state index contributed by atoms with van der Waals surface area (Å²) in [6, 6.07) is 0. The highest BCUT2D eigenvalue weighted by Gasteiger charge is 1.99. The molecule has 62 valence electrons. The maximum absolute atomic E-state index is 4.19. The fourth-order valence-electron chi connectivity index (χ4n) is 0.643. The van der Waals surface area contributed by atoms with Gasteiger partial charge in [0.05, 0.1) is 11.2 Å². The zero-order valence-electron chi connectivity index (χ0n) is 6.66. The van der Waals surface area contributed by atoms with E-state index in [9.17, 15) is 0 Å². The van der Waals surface area contributed by atoms with Crippen LogP contribution < -0.4 is 0 Å². The van der Waals surface area contributed by atoms with Crippen molar-refractivity contribution in [3.8, 4) is 0 Å². The first kappa shape index (κ1) is 9.42. The minimum absolute atomic E-state index is 1.11. The number of aromatic nitrogens is 1. The number of thiazole rings is 1. The molecule has 1 aromatic rings. The van der Waals surface area contributed by atoms with Gasteiger partial charge in [0.15, 0.2) is 0 Å². The molecule has 1 aromatic heterocycles. The molecule has 0 aromatic carbocycles. The molecule has 0 aliphatic carbocycles. The molecule has 0 bridgehead atoms. The third-order valence-corrected chi connectivity index (χ3v) is 4.72. The predicted molar refractivity (Wildman–Crippen MR) is 56.3 cm³/mol. The maximum Gasteiger partial charge on any atom is 0.0797 e. The SMILES string of the molecule is CCSSCc1scnc1C. The van der Waals surface area contributed by atoms with Gasteiger partial charge in [-0.05, 0) is 6.92 Å². The molecule has 1 rings (SSSR count). The molecule has 0 amide bonds. The fourth-order valence-corrected chi connectivity index (χ4v) is 3.55. The first-order chi connectivity index (χ1) is 5.34. The van der Waals surface area contributed by atoms with E-state index in [1.165, 1.54) is 16.3 Å². The van der Waals surface area contributed by atoms with Crippen molar-refractivity contribution in [1.82, 2.24) is 4.98 Å². The van der Waals surface area contributed by atoms with Crippen LogP contribution >= 0.6 is 32.9 Å². The van der Waals surface area contributed by atoms with Crippen LogP contribution in [0.1, 0.15) is 17.5 Å². The van der Waals surface area contributed by atoms with Crippen LogP contribution in [0.5, 0.6) is 0 Å². The van der Waals surface area contributed by atoms with E-state index in [-0.39, 0.29) is 0 Å². The van der Waals surface area contributed by atoms with Crippen molar-refractivity contribution in [2.24, 2.45) is 0 Å². The number of hydrogen-bond acceptors (Lipinski definition) is 4. The quantitative estimate of drug-likeness (QED) is 0.552. The Labute approximate surface area is 79.4 Å². The monoisotopic (exact) mass is 205 g/mol. The Morgan fingerprint density at radius 1 is 1.55 bits per heavy atom. The fraction of sp³-hybridized carbons (Fsp3) is 0.571. The van der Waals surface area contributed by atoms with Gasteiger partial charge < -0.3 is 0 Å². The average molecular weight is 205 g/mol. The highest BCUT2D eigenvalue weighted by molar-refractivity contribution is 8.76. The predicted octanol–water partition coefficient (Wildman–Crippen LogP) is 3.35. The lowest BCUT2D eigenvalue weighted by Gasteiger charge is -1.95. The van der Waals surface area contributed by atoms with Gasteiger partial charge in [-0.3, -0.25) is 0 Å². The van der Waals surface area contributed by atoms with E-state index in [1.54, 1.807) is 11.3 Å². The molecule has 4 heteroatoms. The second-order valence-electron chi connectivity index (χ2n) is 2.03. The van der Waals surface area contributed by atoms with Crippen molar-refractivity contribution < 1.29 is 0 Å². The summed E-state index contributed by atoms with van der Waals surface area (Å²) in [7, 11) is 3.82. The normalized spacial score (nSPS) is 10.4. The van der Waals surface area contributed by atoms with Gasteiger partial charge in [-0.1, -0.05) is 28.5 Å². The van der Waals surface area contributed by atoms with Crippen molar-refractivity contribution in [2.45, 2.75) is 19.6 Å². The first-order valence-electron chi connectivity index (χ1n) is 3.48. The van der Waals surface area contributed by atoms with E-state index in [1.807, 2.05) is 27.1 Å². The number of rotatable bonds is 4. The molecule has 0 radical (unpaired) electrons.